The Bertz CT molecular complexity index is 785. The zero-order chi connectivity index (χ0) is 16.3. The second-order valence-corrected chi connectivity index (χ2v) is 7.39. The molecule has 6 heteroatoms. The van der Waals surface area contributed by atoms with Crippen LogP contribution in [0.2, 0.25) is 5.02 Å². The highest BCUT2D eigenvalue weighted by atomic mass is 35.5. The van der Waals surface area contributed by atoms with Crippen LogP contribution in [-0.4, -0.2) is 25.6 Å². The summed E-state index contributed by atoms with van der Waals surface area (Å²) in [5, 5.41) is 0.525. The lowest BCUT2D eigenvalue weighted by Crippen LogP contribution is -2.26. The topological polar surface area (TPSA) is 54.5 Å². The molecule has 0 aliphatic heterocycles. The van der Waals surface area contributed by atoms with E-state index < -0.39 is 10.0 Å². The first-order valence-corrected chi connectivity index (χ1v) is 8.45. The van der Waals surface area contributed by atoms with Crippen molar-refractivity contribution in [3.63, 3.8) is 0 Å². The Kier molecular flexibility index (Phi) is 5.01. The standard InChI is InChI=1S/C16H16ClNO3S/c1-12(19)13-7-9-15(10-8-13)22(20,21)18(2)11-14-5-3-4-6-16(14)17/h3-10H,11H2,1-2H3. The average molecular weight is 338 g/mol. The number of carbonyl (C=O) groups is 1. The molecule has 0 aliphatic carbocycles. The molecule has 22 heavy (non-hydrogen) atoms. The molecular formula is C16H16ClNO3S. The van der Waals surface area contributed by atoms with E-state index in [4.69, 9.17) is 11.6 Å². The van der Waals surface area contributed by atoms with Gasteiger partial charge in [-0.3, -0.25) is 4.79 Å². The third-order valence-electron chi connectivity index (χ3n) is 3.32. The summed E-state index contributed by atoms with van der Waals surface area (Å²) in [5.41, 5.74) is 1.21. The van der Waals surface area contributed by atoms with Crippen LogP contribution >= 0.6 is 11.6 Å². The number of sulfonamides is 1. The quantitative estimate of drug-likeness (QED) is 0.786. The molecule has 0 bridgehead atoms. The number of ketones is 1. The number of hydrogen-bond donors (Lipinski definition) is 0. The van der Waals surface area contributed by atoms with E-state index in [0.717, 1.165) is 5.56 Å². The van der Waals surface area contributed by atoms with Gasteiger partial charge in [-0.2, -0.15) is 4.31 Å². The zero-order valence-corrected chi connectivity index (χ0v) is 13.9. The van der Waals surface area contributed by atoms with Gasteiger partial charge in [0.1, 0.15) is 0 Å². The lowest BCUT2D eigenvalue weighted by molar-refractivity contribution is 0.101. The maximum Gasteiger partial charge on any atom is 0.243 e. The van der Waals surface area contributed by atoms with Gasteiger partial charge in [-0.15, -0.1) is 0 Å². The van der Waals surface area contributed by atoms with E-state index in [1.165, 1.54) is 42.5 Å². The summed E-state index contributed by atoms with van der Waals surface area (Å²) < 4.78 is 26.3. The highest BCUT2D eigenvalue weighted by Gasteiger charge is 2.21. The van der Waals surface area contributed by atoms with Gasteiger partial charge in [0, 0.05) is 24.2 Å². The average Bonchev–Trinajstić information content (AvgIpc) is 2.49. The number of rotatable bonds is 5. The Labute approximate surface area is 135 Å². The molecule has 2 rings (SSSR count). The zero-order valence-electron chi connectivity index (χ0n) is 12.3. The Morgan fingerprint density at radius 3 is 2.23 bits per heavy atom. The number of hydrogen-bond acceptors (Lipinski definition) is 3. The highest BCUT2D eigenvalue weighted by Crippen LogP contribution is 2.21. The monoisotopic (exact) mass is 337 g/mol. The molecule has 116 valence electrons. The van der Waals surface area contributed by atoms with E-state index in [0.29, 0.717) is 10.6 Å². The first-order chi connectivity index (χ1) is 10.3. The molecule has 0 radical (unpaired) electrons. The first-order valence-electron chi connectivity index (χ1n) is 6.63. The SMILES string of the molecule is CC(=O)c1ccc(S(=O)(=O)N(C)Cc2ccccc2Cl)cc1. The maximum atomic E-state index is 12.5. The first kappa shape index (κ1) is 16.7. The minimum absolute atomic E-state index is 0.103. The Balaban J connectivity index is 2.26. The van der Waals surface area contributed by atoms with Crippen molar-refractivity contribution in [1.29, 1.82) is 0 Å². The van der Waals surface area contributed by atoms with Gasteiger partial charge in [-0.05, 0) is 30.7 Å². The van der Waals surface area contributed by atoms with Gasteiger partial charge in [-0.1, -0.05) is 41.9 Å². The fraction of sp³-hybridized carbons (Fsp3) is 0.188. The summed E-state index contributed by atoms with van der Waals surface area (Å²) in [6.45, 7) is 1.61. The molecule has 2 aromatic rings. The Hall–Kier alpha value is -1.69. The lowest BCUT2D eigenvalue weighted by Gasteiger charge is -2.18. The van der Waals surface area contributed by atoms with Crippen molar-refractivity contribution in [2.24, 2.45) is 0 Å². The van der Waals surface area contributed by atoms with Crippen molar-refractivity contribution in [2.45, 2.75) is 18.4 Å². The fourth-order valence-corrected chi connectivity index (χ4v) is 3.34. The lowest BCUT2D eigenvalue weighted by atomic mass is 10.2. The molecule has 2 aromatic carbocycles. The predicted molar refractivity (Wildman–Crippen MR) is 86.6 cm³/mol. The minimum atomic E-state index is -3.63. The van der Waals surface area contributed by atoms with E-state index in [9.17, 15) is 13.2 Å². The van der Waals surface area contributed by atoms with Crippen LogP contribution in [0.3, 0.4) is 0 Å². The largest absolute Gasteiger partial charge is 0.295 e. The van der Waals surface area contributed by atoms with Crippen molar-refractivity contribution < 1.29 is 13.2 Å². The number of carbonyl (C=O) groups excluding carboxylic acids is 1. The molecule has 0 spiro atoms. The third-order valence-corrected chi connectivity index (χ3v) is 5.51. The van der Waals surface area contributed by atoms with Crippen LogP contribution in [0, 0.1) is 0 Å². The normalized spacial score (nSPS) is 11.6. The maximum absolute atomic E-state index is 12.5. The summed E-state index contributed by atoms with van der Waals surface area (Å²) in [5.74, 6) is -0.103. The van der Waals surface area contributed by atoms with Crippen LogP contribution in [0.25, 0.3) is 0 Å². The second-order valence-electron chi connectivity index (χ2n) is 4.93. The van der Waals surface area contributed by atoms with Gasteiger partial charge >= 0.3 is 0 Å². The summed E-state index contributed by atoms with van der Waals surface area (Å²) in [6, 6.07) is 13.0. The van der Waals surface area contributed by atoms with Gasteiger partial charge in [0.25, 0.3) is 0 Å². The molecule has 0 aliphatic rings. The van der Waals surface area contributed by atoms with Crippen LogP contribution in [0.4, 0.5) is 0 Å². The smallest absolute Gasteiger partial charge is 0.243 e. The minimum Gasteiger partial charge on any atom is -0.295 e. The molecule has 0 heterocycles. The van der Waals surface area contributed by atoms with Crippen molar-refractivity contribution >= 4 is 27.4 Å². The number of halogens is 1. The van der Waals surface area contributed by atoms with Crippen molar-refractivity contribution in [3.05, 3.63) is 64.7 Å². The van der Waals surface area contributed by atoms with Crippen LogP contribution in [0.1, 0.15) is 22.8 Å². The highest BCUT2D eigenvalue weighted by molar-refractivity contribution is 7.89. The molecule has 0 atom stereocenters. The molecule has 0 aromatic heterocycles. The molecule has 0 fully saturated rings. The van der Waals surface area contributed by atoms with Crippen molar-refractivity contribution in [3.8, 4) is 0 Å². The third kappa shape index (κ3) is 3.55. The van der Waals surface area contributed by atoms with E-state index in [2.05, 4.69) is 0 Å². The van der Waals surface area contributed by atoms with Crippen molar-refractivity contribution in [1.82, 2.24) is 4.31 Å². The van der Waals surface area contributed by atoms with Gasteiger partial charge in [-0.25, -0.2) is 8.42 Å². The van der Waals surface area contributed by atoms with Gasteiger partial charge in [0.15, 0.2) is 5.78 Å². The Morgan fingerprint density at radius 2 is 1.68 bits per heavy atom. The van der Waals surface area contributed by atoms with Crippen LogP contribution in [0.15, 0.2) is 53.4 Å². The molecule has 0 saturated heterocycles. The fourth-order valence-electron chi connectivity index (χ4n) is 1.99. The summed E-state index contributed by atoms with van der Waals surface area (Å²) in [4.78, 5) is 11.4. The van der Waals surface area contributed by atoms with Crippen LogP contribution < -0.4 is 0 Å². The van der Waals surface area contributed by atoms with Gasteiger partial charge < -0.3 is 0 Å². The second kappa shape index (κ2) is 6.60. The number of Topliss-reactive ketones (excluding diaryl/α,β-unsaturated/α-hetero) is 1. The van der Waals surface area contributed by atoms with E-state index >= 15 is 0 Å². The molecule has 4 nitrogen and oxygen atoms in total. The van der Waals surface area contributed by atoms with Crippen molar-refractivity contribution in [2.75, 3.05) is 7.05 Å². The van der Waals surface area contributed by atoms with Crippen LogP contribution in [0.5, 0.6) is 0 Å². The van der Waals surface area contributed by atoms with E-state index in [1.807, 2.05) is 6.07 Å². The molecule has 0 unspecified atom stereocenters. The molecule has 0 saturated carbocycles. The van der Waals surface area contributed by atoms with E-state index in [-0.39, 0.29) is 17.2 Å². The Morgan fingerprint density at radius 1 is 1.09 bits per heavy atom. The van der Waals surface area contributed by atoms with Crippen LogP contribution in [-0.2, 0) is 16.6 Å². The molecule has 0 amide bonds. The molecule has 0 N–H and O–H groups in total. The van der Waals surface area contributed by atoms with E-state index in [1.54, 1.807) is 18.2 Å². The summed E-state index contributed by atoms with van der Waals surface area (Å²) in [6.07, 6.45) is 0. The predicted octanol–water partition coefficient (Wildman–Crippen LogP) is 3.36. The van der Waals surface area contributed by atoms with Gasteiger partial charge in [0.05, 0.1) is 4.90 Å². The summed E-state index contributed by atoms with van der Waals surface area (Å²) in [7, 11) is -2.14. The number of benzene rings is 2. The molecular weight excluding hydrogens is 322 g/mol. The summed E-state index contributed by atoms with van der Waals surface area (Å²) >= 11 is 6.06. The van der Waals surface area contributed by atoms with Gasteiger partial charge in [0.2, 0.25) is 10.0 Å². The number of nitrogens with zero attached hydrogens (tertiary/aromatic N) is 1.